The van der Waals surface area contributed by atoms with Crippen LogP contribution in [0.5, 0.6) is 0 Å². The van der Waals surface area contributed by atoms with Crippen LogP contribution in [0.25, 0.3) is 0 Å². The van der Waals surface area contributed by atoms with E-state index in [-0.39, 0.29) is 5.91 Å². The van der Waals surface area contributed by atoms with E-state index in [0.29, 0.717) is 12.5 Å². The Kier molecular flexibility index (Phi) is 4.15. The van der Waals surface area contributed by atoms with E-state index < -0.39 is 0 Å². The molecule has 1 aromatic rings. The molecule has 1 saturated carbocycles. The van der Waals surface area contributed by atoms with E-state index in [1.807, 2.05) is 31.1 Å². The van der Waals surface area contributed by atoms with Crippen LogP contribution in [0.3, 0.4) is 0 Å². The molecule has 0 unspecified atom stereocenters. The number of anilines is 2. The Morgan fingerprint density at radius 3 is 2.78 bits per heavy atom. The minimum absolute atomic E-state index is 0.0301. The lowest BCUT2D eigenvalue weighted by Crippen LogP contribution is -2.23. The van der Waals surface area contributed by atoms with Crippen molar-refractivity contribution in [1.29, 1.82) is 0 Å². The first kappa shape index (κ1) is 12.8. The van der Waals surface area contributed by atoms with Crippen LogP contribution in [0.1, 0.15) is 19.3 Å². The minimum Gasteiger partial charge on any atom is -0.363 e. The van der Waals surface area contributed by atoms with Gasteiger partial charge in [-0.2, -0.15) is 0 Å². The highest BCUT2D eigenvalue weighted by Gasteiger charge is 2.20. The highest BCUT2D eigenvalue weighted by Crippen LogP contribution is 2.18. The second-order valence-electron chi connectivity index (χ2n) is 4.83. The van der Waals surface area contributed by atoms with Gasteiger partial charge >= 0.3 is 0 Å². The van der Waals surface area contributed by atoms with Crippen molar-refractivity contribution in [2.24, 2.45) is 0 Å². The van der Waals surface area contributed by atoms with Crippen molar-refractivity contribution in [3.63, 3.8) is 0 Å². The number of aromatic nitrogens is 1. The van der Waals surface area contributed by atoms with Crippen LogP contribution >= 0.6 is 0 Å². The summed E-state index contributed by atoms with van der Waals surface area (Å²) in [7, 11) is 3.87. The molecule has 1 aromatic heterocycles. The monoisotopic (exact) mass is 248 g/mol. The van der Waals surface area contributed by atoms with Gasteiger partial charge in [0.15, 0.2) is 0 Å². The second-order valence-corrected chi connectivity index (χ2v) is 4.83. The number of carbonyl (C=O) groups excluding carboxylic acids is 1. The summed E-state index contributed by atoms with van der Waals surface area (Å²) >= 11 is 0. The molecular weight excluding hydrogens is 228 g/mol. The predicted molar refractivity (Wildman–Crippen MR) is 72.8 cm³/mol. The number of nitrogens with one attached hydrogen (secondary N) is 2. The van der Waals surface area contributed by atoms with E-state index in [1.54, 1.807) is 6.20 Å². The second kappa shape index (κ2) is 5.82. The first-order valence-electron chi connectivity index (χ1n) is 6.32. The van der Waals surface area contributed by atoms with Crippen LogP contribution in [-0.2, 0) is 4.79 Å². The number of hydrogen-bond donors (Lipinski definition) is 2. The lowest BCUT2D eigenvalue weighted by Gasteiger charge is -2.11. The molecule has 2 rings (SSSR count). The van der Waals surface area contributed by atoms with E-state index in [4.69, 9.17) is 0 Å². The number of pyridine rings is 1. The summed E-state index contributed by atoms with van der Waals surface area (Å²) in [6, 6.07) is 4.41. The zero-order chi connectivity index (χ0) is 13.0. The van der Waals surface area contributed by atoms with Gasteiger partial charge in [-0.1, -0.05) is 0 Å². The van der Waals surface area contributed by atoms with Crippen molar-refractivity contribution in [1.82, 2.24) is 10.3 Å². The van der Waals surface area contributed by atoms with Crippen molar-refractivity contribution >= 4 is 17.4 Å². The fourth-order valence-electron chi connectivity index (χ4n) is 1.63. The third kappa shape index (κ3) is 4.00. The smallest absolute Gasteiger partial charge is 0.225 e. The van der Waals surface area contributed by atoms with Crippen molar-refractivity contribution in [3.05, 3.63) is 18.3 Å². The van der Waals surface area contributed by atoms with E-state index in [1.165, 1.54) is 12.8 Å². The van der Waals surface area contributed by atoms with Gasteiger partial charge in [0.25, 0.3) is 0 Å². The quantitative estimate of drug-likeness (QED) is 0.795. The summed E-state index contributed by atoms with van der Waals surface area (Å²) < 4.78 is 0. The number of amides is 1. The van der Waals surface area contributed by atoms with E-state index >= 15 is 0 Å². The molecule has 1 aliphatic carbocycles. The van der Waals surface area contributed by atoms with Crippen molar-refractivity contribution < 1.29 is 4.79 Å². The number of rotatable bonds is 6. The first-order valence-corrected chi connectivity index (χ1v) is 6.32. The van der Waals surface area contributed by atoms with Gasteiger partial charge in [0, 0.05) is 33.1 Å². The summed E-state index contributed by atoms with van der Waals surface area (Å²) in [6.45, 7) is 0.750. The Hall–Kier alpha value is -1.62. The van der Waals surface area contributed by atoms with Gasteiger partial charge in [-0.15, -0.1) is 0 Å². The zero-order valence-corrected chi connectivity index (χ0v) is 10.9. The Morgan fingerprint density at radius 2 is 2.22 bits per heavy atom. The fourth-order valence-corrected chi connectivity index (χ4v) is 1.63. The summed E-state index contributed by atoms with van der Waals surface area (Å²) in [5, 5.41) is 6.16. The molecule has 0 aliphatic heterocycles. The molecule has 98 valence electrons. The number of nitrogens with zero attached hydrogens (tertiary/aromatic N) is 2. The minimum atomic E-state index is 0.0301. The van der Waals surface area contributed by atoms with Crippen molar-refractivity contribution in [2.75, 3.05) is 30.9 Å². The van der Waals surface area contributed by atoms with E-state index in [0.717, 1.165) is 18.1 Å². The average molecular weight is 248 g/mol. The molecule has 0 radical (unpaired) electrons. The molecule has 5 heteroatoms. The molecule has 1 aliphatic rings. The Bertz CT molecular complexity index is 398. The first-order chi connectivity index (χ1) is 8.65. The molecule has 2 N–H and O–H groups in total. The topological polar surface area (TPSA) is 57.3 Å². The number of hydrogen-bond acceptors (Lipinski definition) is 4. The summed E-state index contributed by atoms with van der Waals surface area (Å²) in [4.78, 5) is 17.8. The van der Waals surface area contributed by atoms with Crippen LogP contribution in [0.2, 0.25) is 0 Å². The molecule has 1 fully saturated rings. The van der Waals surface area contributed by atoms with Gasteiger partial charge < -0.3 is 15.5 Å². The molecule has 1 amide bonds. The SMILES string of the molecule is CN(C)c1ccc(NC(=O)CCNC2CC2)cn1. The maximum absolute atomic E-state index is 11.6. The lowest BCUT2D eigenvalue weighted by molar-refractivity contribution is -0.116. The van der Waals surface area contributed by atoms with E-state index in [9.17, 15) is 4.79 Å². The molecule has 18 heavy (non-hydrogen) atoms. The van der Waals surface area contributed by atoms with Gasteiger partial charge in [0.1, 0.15) is 5.82 Å². The van der Waals surface area contributed by atoms with Crippen LogP contribution in [0.15, 0.2) is 18.3 Å². The maximum Gasteiger partial charge on any atom is 0.225 e. The molecular formula is C13H20N4O. The molecule has 0 aromatic carbocycles. The van der Waals surface area contributed by atoms with Gasteiger partial charge in [-0.05, 0) is 25.0 Å². The van der Waals surface area contributed by atoms with Gasteiger partial charge in [0.05, 0.1) is 11.9 Å². The van der Waals surface area contributed by atoms with Crippen LogP contribution in [-0.4, -0.2) is 37.6 Å². The molecule has 0 bridgehead atoms. The highest BCUT2D eigenvalue weighted by atomic mass is 16.1. The van der Waals surface area contributed by atoms with Gasteiger partial charge in [0.2, 0.25) is 5.91 Å². The highest BCUT2D eigenvalue weighted by molar-refractivity contribution is 5.90. The summed E-state index contributed by atoms with van der Waals surface area (Å²) in [5.41, 5.74) is 0.747. The van der Waals surface area contributed by atoms with Crippen LogP contribution < -0.4 is 15.5 Å². The molecule has 0 atom stereocenters. The standard InChI is InChI=1S/C13H20N4O/c1-17(2)12-6-5-11(9-15-12)16-13(18)7-8-14-10-3-4-10/h5-6,9-10,14H,3-4,7-8H2,1-2H3,(H,16,18). The predicted octanol–water partition coefficient (Wildman–Crippen LogP) is 1.23. The van der Waals surface area contributed by atoms with Crippen LogP contribution in [0.4, 0.5) is 11.5 Å². The molecule has 1 heterocycles. The fraction of sp³-hybridized carbons (Fsp3) is 0.538. The van der Waals surface area contributed by atoms with Gasteiger partial charge in [-0.25, -0.2) is 4.98 Å². The Balaban J connectivity index is 1.75. The summed E-state index contributed by atoms with van der Waals surface area (Å²) in [6.07, 6.45) is 4.68. The maximum atomic E-state index is 11.6. The molecule has 0 saturated heterocycles. The largest absolute Gasteiger partial charge is 0.363 e. The third-order valence-corrected chi connectivity index (χ3v) is 2.85. The Labute approximate surface area is 108 Å². The Morgan fingerprint density at radius 1 is 1.44 bits per heavy atom. The zero-order valence-electron chi connectivity index (χ0n) is 10.9. The molecule has 0 spiro atoms. The number of carbonyl (C=O) groups is 1. The normalized spacial score (nSPS) is 14.3. The van der Waals surface area contributed by atoms with Crippen molar-refractivity contribution in [3.8, 4) is 0 Å². The van der Waals surface area contributed by atoms with E-state index in [2.05, 4.69) is 15.6 Å². The van der Waals surface area contributed by atoms with Gasteiger partial charge in [-0.3, -0.25) is 4.79 Å². The lowest BCUT2D eigenvalue weighted by atomic mass is 10.3. The van der Waals surface area contributed by atoms with Crippen molar-refractivity contribution in [2.45, 2.75) is 25.3 Å². The molecule has 5 nitrogen and oxygen atoms in total. The average Bonchev–Trinajstić information content (AvgIpc) is 3.13. The van der Waals surface area contributed by atoms with Crippen LogP contribution in [0, 0.1) is 0 Å². The third-order valence-electron chi connectivity index (χ3n) is 2.85. The summed E-state index contributed by atoms with van der Waals surface area (Å²) in [5.74, 6) is 0.908.